The Morgan fingerprint density at radius 3 is 1.87 bits per heavy atom. The number of amides is 4. The van der Waals surface area contributed by atoms with Crippen LogP contribution < -0.4 is 14.7 Å². The minimum absolute atomic E-state index is 0.0418. The van der Waals surface area contributed by atoms with E-state index in [0.29, 0.717) is 30.5 Å². The molecule has 0 atom stereocenters. The average Bonchev–Trinajstić information content (AvgIpc) is 3.90. The van der Waals surface area contributed by atoms with Crippen molar-refractivity contribution in [2.24, 2.45) is 5.92 Å². The molecule has 63 heavy (non-hydrogen) atoms. The predicted molar refractivity (Wildman–Crippen MR) is 244 cm³/mol. The smallest absolute Gasteiger partial charge is 0.323 e. The fraction of sp³-hybridized carbons (Fsp3) is 0.560. The molecule has 4 aromatic rings. The van der Waals surface area contributed by atoms with E-state index < -0.39 is 0 Å². The van der Waals surface area contributed by atoms with Crippen molar-refractivity contribution >= 4 is 46.3 Å². The van der Waals surface area contributed by atoms with Crippen molar-refractivity contribution in [3.8, 4) is 0 Å². The maximum absolute atomic E-state index is 14.2. The molecule has 0 N–H and O–H groups in total. The summed E-state index contributed by atoms with van der Waals surface area (Å²) >= 11 is 0. The molecule has 4 saturated heterocycles. The van der Waals surface area contributed by atoms with Gasteiger partial charge in [0.05, 0.1) is 0 Å². The molecule has 13 heteroatoms. The highest BCUT2D eigenvalue weighted by Gasteiger charge is 2.49. The van der Waals surface area contributed by atoms with E-state index in [4.69, 9.17) is 4.42 Å². The second-order valence-electron chi connectivity index (χ2n) is 19.7. The SMILES string of the molecule is CC(=O)N1CC2(CCN(C3CCN(c4nc5ccccc5o4)CC3)CC2)c2ccccc21.CN(C)C(=O)N1CC2(CCN(C3CCN(C(=O)C4CC4)CC3)CC2)c2cc(F)ccc21. The number of anilines is 3. The molecule has 0 radical (unpaired) electrons. The van der Waals surface area contributed by atoms with Gasteiger partial charge in [-0.1, -0.05) is 30.3 Å². The molecular formula is C50H63FN8O4. The van der Waals surface area contributed by atoms with Crippen LogP contribution in [0.3, 0.4) is 0 Å². The molecule has 1 aliphatic carbocycles. The first-order chi connectivity index (χ1) is 30.5. The van der Waals surface area contributed by atoms with Gasteiger partial charge >= 0.3 is 6.03 Å². The normalized spacial score (nSPS) is 22.6. The molecule has 1 aromatic heterocycles. The highest BCUT2D eigenvalue weighted by molar-refractivity contribution is 5.95. The number of aromatic nitrogens is 1. The van der Waals surface area contributed by atoms with E-state index in [9.17, 15) is 18.8 Å². The summed E-state index contributed by atoms with van der Waals surface area (Å²) in [4.78, 5) is 57.1. The van der Waals surface area contributed by atoms with Crippen LogP contribution in [-0.2, 0) is 20.4 Å². The first-order valence-electron chi connectivity index (χ1n) is 23.5. The van der Waals surface area contributed by atoms with E-state index in [-0.39, 0.29) is 28.6 Å². The van der Waals surface area contributed by atoms with Crippen molar-refractivity contribution in [3.05, 3.63) is 83.7 Å². The third kappa shape index (κ3) is 7.98. The van der Waals surface area contributed by atoms with Crippen LogP contribution in [0.1, 0.15) is 82.3 Å². The molecule has 11 rings (SSSR count). The number of likely N-dealkylation sites (tertiary alicyclic amines) is 3. The van der Waals surface area contributed by atoms with Crippen LogP contribution in [0.5, 0.6) is 0 Å². The largest absolute Gasteiger partial charge is 0.423 e. The third-order valence-electron chi connectivity index (χ3n) is 15.8. The van der Waals surface area contributed by atoms with Crippen LogP contribution in [0.25, 0.3) is 11.1 Å². The predicted octanol–water partition coefficient (Wildman–Crippen LogP) is 7.26. The monoisotopic (exact) mass is 858 g/mol. The summed E-state index contributed by atoms with van der Waals surface area (Å²) in [5, 5.41) is 0. The van der Waals surface area contributed by atoms with E-state index in [1.807, 2.05) is 40.1 Å². The van der Waals surface area contributed by atoms with Crippen molar-refractivity contribution in [1.29, 1.82) is 0 Å². The van der Waals surface area contributed by atoms with Crippen molar-refractivity contribution in [2.45, 2.75) is 94.0 Å². The summed E-state index contributed by atoms with van der Waals surface area (Å²) in [6.45, 7) is 11.0. The lowest BCUT2D eigenvalue weighted by Gasteiger charge is -2.45. The van der Waals surface area contributed by atoms with Gasteiger partial charge in [-0.15, -0.1) is 0 Å². The highest BCUT2D eigenvalue weighted by Crippen LogP contribution is 2.49. The standard InChI is InChI=1S/C26H30N4O2.C24H33FN4O2/c1-19(31)30-18-26(21-6-2-4-8-23(21)30)12-16-28(17-13-26)20-10-14-29(15-11-20)25-27-22-7-3-5-9-24(22)32-25;1-26(2)23(31)29-16-24(20-15-18(25)5-6-21(20)29)9-13-27(14-10-24)19-7-11-28(12-8-19)22(30)17-3-4-17/h2-9,20H,10-18H2,1H3;5-6,15,17,19H,3-4,7-14,16H2,1-2H3. The number of benzene rings is 3. The number of hydrogen-bond acceptors (Lipinski definition) is 8. The number of halogens is 1. The summed E-state index contributed by atoms with van der Waals surface area (Å²) < 4.78 is 20.1. The molecule has 2 spiro atoms. The summed E-state index contributed by atoms with van der Waals surface area (Å²) in [7, 11) is 3.53. The van der Waals surface area contributed by atoms with Crippen LogP contribution in [-0.4, -0.2) is 134 Å². The molecule has 1 saturated carbocycles. The van der Waals surface area contributed by atoms with Gasteiger partial charge in [0, 0.05) is 100 Å². The molecule has 5 fully saturated rings. The van der Waals surface area contributed by atoms with Crippen LogP contribution in [0.15, 0.2) is 71.1 Å². The van der Waals surface area contributed by atoms with Crippen LogP contribution in [0.2, 0.25) is 0 Å². The summed E-state index contributed by atoms with van der Waals surface area (Å²) in [5.74, 6) is 0.601. The van der Waals surface area contributed by atoms with Crippen molar-refractivity contribution in [3.63, 3.8) is 0 Å². The quantitative estimate of drug-likeness (QED) is 0.212. The second kappa shape index (κ2) is 16.8. The number of carbonyl (C=O) groups excluding carboxylic acids is 3. The fourth-order valence-electron chi connectivity index (χ4n) is 11.9. The van der Waals surface area contributed by atoms with Crippen molar-refractivity contribution < 1.29 is 23.2 Å². The van der Waals surface area contributed by atoms with E-state index in [1.165, 1.54) is 11.6 Å². The Morgan fingerprint density at radius 1 is 0.683 bits per heavy atom. The number of fused-ring (bicyclic) bond motifs is 5. The molecule has 7 aliphatic rings. The summed E-state index contributed by atoms with van der Waals surface area (Å²) in [6.07, 6.45) is 10.6. The van der Waals surface area contributed by atoms with Gasteiger partial charge in [-0.05, 0) is 138 Å². The number of nitrogens with zero attached hydrogens (tertiary/aromatic N) is 8. The second-order valence-corrected chi connectivity index (χ2v) is 19.7. The minimum Gasteiger partial charge on any atom is -0.423 e. The summed E-state index contributed by atoms with van der Waals surface area (Å²) in [5.41, 5.74) is 6.11. The van der Waals surface area contributed by atoms with E-state index in [2.05, 4.69) is 42.8 Å². The van der Waals surface area contributed by atoms with Gasteiger partial charge in [-0.2, -0.15) is 4.98 Å². The first kappa shape index (κ1) is 42.0. The molecular weight excluding hydrogens is 796 g/mol. The zero-order valence-electron chi connectivity index (χ0n) is 37.3. The van der Waals surface area contributed by atoms with E-state index in [0.717, 1.165) is 157 Å². The molecule has 0 unspecified atom stereocenters. The maximum atomic E-state index is 14.2. The Morgan fingerprint density at radius 2 is 1.25 bits per heavy atom. The number of oxazole rings is 1. The topological polar surface area (TPSA) is 99.9 Å². The zero-order chi connectivity index (χ0) is 43.5. The Hall–Kier alpha value is -5.01. The van der Waals surface area contributed by atoms with Gasteiger partial charge in [0.15, 0.2) is 5.58 Å². The molecule has 4 amide bonds. The van der Waals surface area contributed by atoms with Gasteiger partial charge in [-0.3, -0.25) is 14.5 Å². The molecule has 6 aliphatic heterocycles. The number of rotatable bonds is 4. The van der Waals surface area contributed by atoms with Gasteiger partial charge in [-0.25, -0.2) is 9.18 Å². The molecule has 7 heterocycles. The lowest BCUT2D eigenvalue weighted by Crippen LogP contribution is -2.53. The number of piperidine rings is 4. The Balaban J connectivity index is 0.000000150. The van der Waals surface area contributed by atoms with E-state index >= 15 is 0 Å². The van der Waals surface area contributed by atoms with Gasteiger partial charge in [0.25, 0.3) is 6.01 Å². The molecule has 0 bridgehead atoms. The molecule has 12 nitrogen and oxygen atoms in total. The Bertz CT molecular complexity index is 2300. The number of urea groups is 1. The number of carbonyl (C=O) groups is 3. The van der Waals surface area contributed by atoms with Crippen LogP contribution in [0, 0.1) is 11.7 Å². The summed E-state index contributed by atoms with van der Waals surface area (Å²) in [6, 6.07) is 23.2. The van der Waals surface area contributed by atoms with Gasteiger partial charge in [0.1, 0.15) is 11.3 Å². The number of para-hydroxylation sites is 3. The molecule has 334 valence electrons. The van der Waals surface area contributed by atoms with E-state index in [1.54, 1.807) is 38.1 Å². The lowest BCUT2D eigenvalue weighted by molar-refractivity contribution is -0.134. The fourth-order valence-corrected chi connectivity index (χ4v) is 11.9. The minimum atomic E-state index is -0.229. The lowest BCUT2D eigenvalue weighted by atomic mass is 9.74. The number of hydrogen-bond donors (Lipinski definition) is 0. The van der Waals surface area contributed by atoms with Crippen molar-refractivity contribution in [1.82, 2.24) is 24.6 Å². The average molecular weight is 859 g/mol. The third-order valence-corrected chi connectivity index (χ3v) is 15.8. The van der Waals surface area contributed by atoms with Gasteiger partial charge < -0.3 is 33.8 Å². The van der Waals surface area contributed by atoms with Crippen LogP contribution in [0.4, 0.5) is 26.6 Å². The van der Waals surface area contributed by atoms with Gasteiger partial charge in [0.2, 0.25) is 11.8 Å². The Labute approximate surface area is 370 Å². The van der Waals surface area contributed by atoms with Crippen LogP contribution >= 0.6 is 0 Å². The molecule has 3 aromatic carbocycles. The first-order valence-corrected chi connectivity index (χ1v) is 23.5. The Kier molecular flexibility index (Phi) is 11.2. The van der Waals surface area contributed by atoms with Crippen molar-refractivity contribution in [2.75, 3.05) is 94.2 Å². The maximum Gasteiger partial charge on any atom is 0.323 e. The highest BCUT2D eigenvalue weighted by atomic mass is 19.1. The zero-order valence-corrected chi connectivity index (χ0v) is 37.3.